The number of aromatic nitrogens is 1. The number of nitrogens with one attached hydrogen (secondary N) is 2. The van der Waals surface area contributed by atoms with Gasteiger partial charge in [0.1, 0.15) is 5.69 Å². The van der Waals surface area contributed by atoms with Gasteiger partial charge in [0, 0.05) is 49.0 Å². The highest BCUT2D eigenvalue weighted by Crippen LogP contribution is 2.60. The number of fused-ring (bicyclic) bond motifs is 2. The highest BCUT2D eigenvalue weighted by molar-refractivity contribution is 5.89. The normalized spacial score (nSPS) is 30.0. The van der Waals surface area contributed by atoms with Crippen molar-refractivity contribution in [1.29, 1.82) is 0 Å². The SMILES string of the molecule is CCn1ccc(=O)c(NC(=O)N[C@@H]2[C@H]3CCO[C@H]3C23CCCC3)c1. The number of rotatable bonds is 3. The number of anilines is 1. The molecule has 0 aromatic carbocycles. The molecule has 0 unspecified atom stereocenters. The second-order valence-electron chi connectivity index (χ2n) is 7.31. The second kappa shape index (κ2) is 5.92. The summed E-state index contributed by atoms with van der Waals surface area (Å²) in [6.07, 6.45) is 9.45. The van der Waals surface area contributed by atoms with Crippen molar-refractivity contribution in [2.75, 3.05) is 11.9 Å². The van der Waals surface area contributed by atoms with E-state index < -0.39 is 0 Å². The first-order chi connectivity index (χ1) is 11.6. The molecular formula is C18H25N3O3. The number of hydrogen-bond donors (Lipinski definition) is 2. The molecule has 2 heterocycles. The molecular weight excluding hydrogens is 306 g/mol. The van der Waals surface area contributed by atoms with E-state index in [4.69, 9.17) is 4.74 Å². The van der Waals surface area contributed by atoms with Gasteiger partial charge in [-0.05, 0) is 26.2 Å². The maximum Gasteiger partial charge on any atom is 0.319 e. The van der Waals surface area contributed by atoms with Gasteiger partial charge in [0.15, 0.2) is 0 Å². The summed E-state index contributed by atoms with van der Waals surface area (Å²) in [4.78, 5) is 24.4. The minimum atomic E-state index is -0.275. The van der Waals surface area contributed by atoms with Gasteiger partial charge in [0.25, 0.3) is 0 Å². The van der Waals surface area contributed by atoms with Gasteiger partial charge >= 0.3 is 6.03 Å². The Morgan fingerprint density at radius 1 is 1.42 bits per heavy atom. The first-order valence-corrected chi connectivity index (χ1v) is 9.03. The largest absolute Gasteiger partial charge is 0.377 e. The molecule has 2 saturated carbocycles. The van der Waals surface area contributed by atoms with E-state index in [-0.39, 0.29) is 22.9 Å². The predicted octanol–water partition coefficient (Wildman–Crippen LogP) is 2.34. The van der Waals surface area contributed by atoms with E-state index in [0.29, 0.717) is 17.7 Å². The fourth-order valence-electron chi connectivity index (χ4n) is 5.02. The quantitative estimate of drug-likeness (QED) is 0.893. The van der Waals surface area contributed by atoms with Crippen LogP contribution < -0.4 is 16.1 Å². The molecule has 130 valence electrons. The molecule has 24 heavy (non-hydrogen) atoms. The second-order valence-corrected chi connectivity index (χ2v) is 7.31. The summed E-state index contributed by atoms with van der Waals surface area (Å²) in [6, 6.07) is 1.38. The third-order valence-electron chi connectivity index (χ3n) is 6.16. The van der Waals surface area contributed by atoms with Crippen molar-refractivity contribution in [1.82, 2.24) is 9.88 Å². The lowest BCUT2D eigenvalue weighted by Crippen LogP contribution is -2.68. The van der Waals surface area contributed by atoms with Crippen LogP contribution >= 0.6 is 0 Å². The third-order valence-corrected chi connectivity index (χ3v) is 6.16. The van der Waals surface area contributed by atoms with Gasteiger partial charge in [0.2, 0.25) is 5.43 Å². The Morgan fingerprint density at radius 2 is 2.21 bits per heavy atom. The summed E-state index contributed by atoms with van der Waals surface area (Å²) in [5, 5.41) is 5.90. The Labute approximate surface area is 141 Å². The number of urea groups is 1. The molecule has 3 fully saturated rings. The lowest BCUT2D eigenvalue weighted by molar-refractivity contribution is -0.125. The maximum atomic E-state index is 12.5. The molecule has 1 aliphatic heterocycles. The minimum absolute atomic E-state index is 0.124. The van der Waals surface area contributed by atoms with E-state index in [0.717, 1.165) is 32.4 Å². The van der Waals surface area contributed by atoms with E-state index in [2.05, 4.69) is 10.6 Å². The molecule has 1 aromatic rings. The number of carbonyl (C=O) groups excluding carboxylic acids is 1. The highest BCUT2D eigenvalue weighted by atomic mass is 16.5. The van der Waals surface area contributed by atoms with Gasteiger partial charge in [-0.3, -0.25) is 4.79 Å². The molecule has 2 N–H and O–H groups in total. The topological polar surface area (TPSA) is 72.4 Å². The van der Waals surface area contributed by atoms with Gasteiger partial charge in [-0.15, -0.1) is 0 Å². The van der Waals surface area contributed by atoms with Crippen molar-refractivity contribution in [3.8, 4) is 0 Å². The van der Waals surface area contributed by atoms with E-state index in [1.54, 1.807) is 12.4 Å². The predicted molar refractivity (Wildman–Crippen MR) is 91.1 cm³/mol. The number of nitrogens with zero attached hydrogens (tertiary/aromatic N) is 1. The van der Waals surface area contributed by atoms with Gasteiger partial charge in [0.05, 0.1) is 6.10 Å². The van der Waals surface area contributed by atoms with E-state index in [9.17, 15) is 9.59 Å². The summed E-state index contributed by atoms with van der Waals surface area (Å²) >= 11 is 0. The minimum Gasteiger partial charge on any atom is -0.377 e. The fraction of sp³-hybridized carbons (Fsp3) is 0.667. The van der Waals surface area contributed by atoms with Crippen LogP contribution in [0.5, 0.6) is 0 Å². The monoisotopic (exact) mass is 331 g/mol. The van der Waals surface area contributed by atoms with Gasteiger partial charge < -0.3 is 19.9 Å². The molecule has 2 amide bonds. The van der Waals surface area contributed by atoms with Crippen LogP contribution in [0.3, 0.4) is 0 Å². The maximum absolute atomic E-state index is 12.5. The van der Waals surface area contributed by atoms with Crippen LogP contribution in [0.4, 0.5) is 10.5 Å². The zero-order valence-corrected chi connectivity index (χ0v) is 14.1. The molecule has 0 radical (unpaired) electrons. The molecule has 2 aliphatic carbocycles. The molecule has 4 rings (SSSR count). The Bertz CT molecular complexity index is 693. The van der Waals surface area contributed by atoms with Crippen LogP contribution in [-0.4, -0.2) is 29.4 Å². The molecule has 3 aliphatic rings. The Hall–Kier alpha value is -1.82. The van der Waals surface area contributed by atoms with Gasteiger partial charge in [-0.2, -0.15) is 0 Å². The zero-order chi connectivity index (χ0) is 16.7. The van der Waals surface area contributed by atoms with Crippen LogP contribution in [0, 0.1) is 11.3 Å². The average molecular weight is 331 g/mol. The molecule has 1 aromatic heterocycles. The number of amides is 2. The molecule has 6 nitrogen and oxygen atoms in total. The summed E-state index contributed by atoms with van der Waals surface area (Å²) in [5.74, 6) is 0.428. The van der Waals surface area contributed by atoms with Crippen LogP contribution in [-0.2, 0) is 11.3 Å². The van der Waals surface area contributed by atoms with E-state index in [1.165, 1.54) is 18.9 Å². The smallest absolute Gasteiger partial charge is 0.319 e. The van der Waals surface area contributed by atoms with Crippen LogP contribution in [0.1, 0.15) is 39.0 Å². The zero-order valence-electron chi connectivity index (χ0n) is 14.1. The van der Waals surface area contributed by atoms with Gasteiger partial charge in [-0.25, -0.2) is 4.79 Å². The van der Waals surface area contributed by atoms with Crippen LogP contribution in [0.25, 0.3) is 0 Å². The van der Waals surface area contributed by atoms with Crippen molar-refractivity contribution in [2.24, 2.45) is 11.3 Å². The molecule has 6 heteroatoms. The van der Waals surface area contributed by atoms with Crippen molar-refractivity contribution in [3.63, 3.8) is 0 Å². The third kappa shape index (κ3) is 2.35. The fourth-order valence-corrected chi connectivity index (χ4v) is 5.02. The lowest BCUT2D eigenvalue weighted by Gasteiger charge is -2.56. The lowest BCUT2D eigenvalue weighted by atomic mass is 9.54. The number of pyridine rings is 1. The Morgan fingerprint density at radius 3 is 2.96 bits per heavy atom. The number of hydrogen-bond acceptors (Lipinski definition) is 3. The van der Waals surface area contributed by atoms with Crippen molar-refractivity contribution in [3.05, 3.63) is 28.7 Å². The summed E-state index contributed by atoms with van der Waals surface area (Å²) in [7, 11) is 0. The first kappa shape index (κ1) is 15.7. The highest BCUT2D eigenvalue weighted by Gasteiger charge is 2.65. The Balaban J connectivity index is 1.47. The summed E-state index contributed by atoms with van der Waals surface area (Å²) < 4.78 is 7.82. The van der Waals surface area contributed by atoms with Crippen LogP contribution in [0.15, 0.2) is 23.3 Å². The van der Waals surface area contributed by atoms with Crippen molar-refractivity contribution < 1.29 is 9.53 Å². The van der Waals surface area contributed by atoms with Gasteiger partial charge in [-0.1, -0.05) is 12.8 Å². The Kier molecular flexibility index (Phi) is 3.87. The first-order valence-electron chi connectivity index (χ1n) is 9.03. The van der Waals surface area contributed by atoms with E-state index >= 15 is 0 Å². The van der Waals surface area contributed by atoms with Crippen LogP contribution in [0.2, 0.25) is 0 Å². The van der Waals surface area contributed by atoms with E-state index in [1.807, 2.05) is 11.5 Å². The number of ether oxygens (including phenoxy) is 1. The molecule has 3 atom stereocenters. The standard InChI is InChI=1S/C18H25N3O3/c1-2-21-9-5-14(22)13(11-21)19-17(23)20-15-12-6-10-24-16(12)18(15)7-3-4-8-18/h5,9,11-12,15-16H,2-4,6-8,10H2,1H3,(H2,19,20,23)/t12-,15-,16-/m1/s1. The number of aryl methyl sites for hydroxylation is 1. The van der Waals surface area contributed by atoms with Crippen molar-refractivity contribution in [2.45, 2.75) is 57.7 Å². The molecule has 1 spiro atoms. The molecule has 1 saturated heterocycles. The van der Waals surface area contributed by atoms with Crippen molar-refractivity contribution >= 4 is 11.7 Å². The summed E-state index contributed by atoms with van der Waals surface area (Å²) in [6.45, 7) is 3.55. The average Bonchev–Trinajstić information content (AvgIpc) is 3.23. The summed E-state index contributed by atoms with van der Waals surface area (Å²) in [5.41, 5.74) is 0.288. The molecule has 0 bridgehead atoms. The number of carbonyl (C=O) groups is 1.